The number of ketones is 1. The minimum atomic E-state index is -1.09. The van der Waals surface area contributed by atoms with E-state index < -0.39 is 12.0 Å². The van der Waals surface area contributed by atoms with Gasteiger partial charge in [0.25, 0.3) is 0 Å². The van der Waals surface area contributed by atoms with E-state index in [0.29, 0.717) is 12.8 Å². The molecule has 0 fully saturated rings. The van der Waals surface area contributed by atoms with Gasteiger partial charge < -0.3 is 15.2 Å². The standard InChI is InChI=1S/C27H49NO6/c1-22(29)23(21-25(31)32)28-24(30)19-17-15-13-11-9-7-5-6-8-10-12-14-16-18-20-26(33)34-27(2,3)4/h23H,5-21H2,1-4H3,(H,28,30)(H,31,32)/t23-/m0/s1. The summed E-state index contributed by atoms with van der Waals surface area (Å²) in [5.41, 5.74) is -0.386. The molecule has 0 saturated heterocycles. The summed E-state index contributed by atoms with van der Waals surface area (Å²) < 4.78 is 5.31. The Balaban J connectivity index is 3.42. The Morgan fingerprint density at radius 3 is 1.44 bits per heavy atom. The van der Waals surface area contributed by atoms with Gasteiger partial charge >= 0.3 is 11.9 Å². The predicted octanol–water partition coefficient (Wildman–Crippen LogP) is 6.12. The molecule has 0 aliphatic heterocycles. The molecule has 7 nitrogen and oxygen atoms in total. The van der Waals surface area contributed by atoms with Crippen molar-refractivity contribution in [1.29, 1.82) is 0 Å². The molecule has 0 unspecified atom stereocenters. The van der Waals surface area contributed by atoms with Crippen molar-refractivity contribution in [2.24, 2.45) is 0 Å². The van der Waals surface area contributed by atoms with Gasteiger partial charge in [-0.05, 0) is 40.5 Å². The third kappa shape index (κ3) is 21.9. The summed E-state index contributed by atoms with van der Waals surface area (Å²) >= 11 is 0. The lowest BCUT2D eigenvalue weighted by Gasteiger charge is -2.19. The molecule has 7 heteroatoms. The van der Waals surface area contributed by atoms with E-state index in [0.717, 1.165) is 32.1 Å². The molecule has 0 spiro atoms. The first-order valence-electron chi connectivity index (χ1n) is 13.2. The lowest BCUT2D eigenvalue weighted by atomic mass is 10.0. The highest BCUT2D eigenvalue weighted by Crippen LogP contribution is 2.15. The number of amides is 1. The Hall–Kier alpha value is -1.92. The predicted molar refractivity (Wildman–Crippen MR) is 135 cm³/mol. The largest absolute Gasteiger partial charge is 0.481 e. The van der Waals surface area contributed by atoms with Gasteiger partial charge in [0.15, 0.2) is 5.78 Å². The number of carbonyl (C=O) groups excluding carboxylic acids is 3. The van der Waals surface area contributed by atoms with Crippen molar-refractivity contribution < 1.29 is 29.0 Å². The first-order valence-corrected chi connectivity index (χ1v) is 13.2. The maximum absolute atomic E-state index is 11.9. The van der Waals surface area contributed by atoms with E-state index in [1.54, 1.807) is 0 Å². The molecule has 0 rings (SSSR count). The van der Waals surface area contributed by atoms with Gasteiger partial charge in [-0.1, -0.05) is 77.0 Å². The number of hydrogen-bond acceptors (Lipinski definition) is 5. The molecule has 0 aromatic heterocycles. The maximum atomic E-state index is 11.9. The Morgan fingerprint density at radius 2 is 1.09 bits per heavy atom. The van der Waals surface area contributed by atoms with Crippen LogP contribution in [0.5, 0.6) is 0 Å². The van der Waals surface area contributed by atoms with Crippen LogP contribution >= 0.6 is 0 Å². The lowest BCUT2D eigenvalue weighted by molar-refractivity contribution is -0.155. The van der Waals surface area contributed by atoms with Crippen molar-refractivity contribution in [2.75, 3.05) is 0 Å². The number of unbranched alkanes of at least 4 members (excludes halogenated alkanes) is 13. The molecule has 0 aliphatic rings. The van der Waals surface area contributed by atoms with Crippen molar-refractivity contribution >= 4 is 23.6 Å². The average Bonchev–Trinajstić information content (AvgIpc) is 2.71. The zero-order valence-corrected chi connectivity index (χ0v) is 22.1. The summed E-state index contributed by atoms with van der Waals surface area (Å²) in [6.07, 6.45) is 16.6. The van der Waals surface area contributed by atoms with Crippen LogP contribution in [0.15, 0.2) is 0 Å². The van der Waals surface area contributed by atoms with Crippen molar-refractivity contribution in [3.8, 4) is 0 Å². The fourth-order valence-electron chi connectivity index (χ4n) is 3.81. The second-order valence-electron chi connectivity index (χ2n) is 10.4. The Bertz CT molecular complexity index is 596. The summed E-state index contributed by atoms with van der Waals surface area (Å²) in [5.74, 6) is -1.75. The Morgan fingerprint density at radius 1 is 0.706 bits per heavy atom. The average molecular weight is 484 g/mol. The van der Waals surface area contributed by atoms with Crippen LogP contribution in [0, 0.1) is 0 Å². The van der Waals surface area contributed by atoms with E-state index in [9.17, 15) is 19.2 Å². The van der Waals surface area contributed by atoms with Crippen LogP contribution in [0.3, 0.4) is 0 Å². The number of carboxylic acid groups (broad SMARTS) is 1. The number of Topliss-reactive ketones (excluding diaryl/α,β-unsaturated/α-hetero) is 1. The zero-order chi connectivity index (χ0) is 25.8. The van der Waals surface area contributed by atoms with E-state index in [1.165, 1.54) is 64.7 Å². The van der Waals surface area contributed by atoms with E-state index in [1.807, 2.05) is 20.8 Å². The van der Waals surface area contributed by atoms with Crippen molar-refractivity contribution in [3.05, 3.63) is 0 Å². The van der Waals surface area contributed by atoms with Crippen LogP contribution < -0.4 is 5.32 Å². The SMILES string of the molecule is CC(=O)[C@H](CC(=O)O)NC(=O)CCCCCCCCCCCCCCCCC(=O)OC(C)(C)C. The normalized spacial score (nSPS) is 12.2. The number of aliphatic carboxylic acids is 1. The van der Waals surface area contributed by atoms with Crippen molar-refractivity contribution in [1.82, 2.24) is 5.32 Å². The summed E-state index contributed by atoms with van der Waals surface area (Å²) in [5, 5.41) is 11.3. The van der Waals surface area contributed by atoms with Crippen LogP contribution in [0.4, 0.5) is 0 Å². The molecule has 1 amide bonds. The molecular formula is C27H49NO6. The monoisotopic (exact) mass is 483 g/mol. The number of hydrogen-bond donors (Lipinski definition) is 2. The number of carboxylic acids is 1. The Kier molecular flexibility index (Phi) is 18.3. The topological polar surface area (TPSA) is 110 Å². The quantitative estimate of drug-likeness (QED) is 0.150. The highest BCUT2D eigenvalue weighted by Gasteiger charge is 2.19. The number of esters is 1. The van der Waals surface area contributed by atoms with Gasteiger partial charge in [-0.2, -0.15) is 0 Å². The highest BCUT2D eigenvalue weighted by molar-refractivity contribution is 5.90. The smallest absolute Gasteiger partial charge is 0.306 e. The molecule has 0 bridgehead atoms. The van der Waals surface area contributed by atoms with Gasteiger partial charge in [0.1, 0.15) is 5.60 Å². The molecule has 0 heterocycles. The van der Waals surface area contributed by atoms with Crippen LogP contribution in [-0.4, -0.2) is 40.4 Å². The minimum absolute atomic E-state index is 0.0891. The van der Waals surface area contributed by atoms with Crippen LogP contribution in [0.2, 0.25) is 0 Å². The number of rotatable bonds is 21. The van der Waals surface area contributed by atoms with Crippen LogP contribution in [0.25, 0.3) is 0 Å². The minimum Gasteiger partial charge on any atom is -0.481 e. The number of ether oxygens (including phenoxy) is 1. The van der Waals surface area contributed by atoms with Gasteiger partial charge in [-0.3, -0.25) is 19.2 Å². The summed E-state index contributed by atoms with van der Waals surface area (Å²) in [7, 11) is 0. The Labute approximate surface area is 206 Å². The molecule has 0 radical (unpaired) electrons. The van der Waals surface area contributed by atoms with E-state index in [2.05, 4.69) is 5.32 Å². The second-order valence-corrected chi connectivity index (χ2v) is 10.4. The number of nitrogens with one attached hydrogen (secondary N) is 1. The molecule has 198 valence electrons. The van der Waals surface area contributed by atoms with E-state index in [-0.39, 0.29) is 29.7 Å². The van der Waals surface area contributed by atoms with Gasteiger partial charge in [0.05, 0.1) is 12.5 Å². The maximum Gasteiger partial charge on any atom is 0.306 e. The second kappa shape index (κ2) is 19.4. The van der Waals surface area contributed by atoms with Crippen LogP contribution in [0.1, 0.15) is 137 Å². The first-order chi connectivity index (χ1) is 16.0. The van der Waals surface area contributed by atoms with Gasteiger partial charge in [0, 0.05) is 12.8 Å². The summed E-state index contributed by atoms with van der Waals surface area (Å²) in [4.78, 5) is 45.6. The molecule has 0 saturated carbocycles. The number of carbonyl (C=O) groups is 4. The van der Waals surface area contributed by atoms with Crippen molar-refractivity contribution in [2.45, 2.75) is 148 Å². The zero-order valence-electron chi connectivity index (χ0n) is 22.1. The van der Waals surface area contributed by atoms with Crippen LogP contribution in [-0.2, 0) is 23.9 Å². The molecule has 0 aromatic carbocycles. The molecule has 2 N–H and O–H groups in total. The van der Waals surface area contributed by atoms with Gasteiger partial charge in [0.2, 0.25) is 5.91 Å². The molecule has 0 aromatic rings. The molecular weight excluding hydrogens is 434 g/mol. The van der Waals surface area contributed by atoms with Gasteiger partial charge in [-0.15, -0.1) is 0 Å². The highest BCUT2D eigenvalue weighted by atomic mass is 16.6. The third-order valence-electron chi connectivity index (χ3n) is 5.66. The first kappa shape index (κ1) is 32.1. The molecule has 1 atom stereocenters. The van der Waals surface area contributed by atoms with E-state index in [4.69, 9.17) is 9.84 Å². The molecule has 34 heavy (non-hydrogen) atoms. The summed E-state index contributed by atoms with van der Waals surface area (Å²) in [6.45, 7) is 6.99. The van der Waals surface area contributed by atoms with Gasteiger partial charge in [-0.25, -0.2) is 0 Å². The fourth-order valence-corrected chi connectivity index (χ4v) is 3.81. The summed E-state index contributed by atoms with van der Waals surface area (Å²) in [6, 6.07) is -0.922. The lowest BCUT2D eigenvalue weighted by Crippen LogP contribution is -2.41. The fraction of sp³-hybridized carbons (Fsp3) is 0.852. The van der Waals surface area contributed by atoms with Crippen molar-refractivity contribution in [3.63, 3.8) is 0 Å². The molecule has 0 aliphatic carbocycles. The van der Waals surface area contributed by atoms with E-state index >= 15 is 0 Å². The third-order valence-corrected chi connectivity index (χ3v) is 5.66.